The first-order chi connectivity index (χ1) is 15.1. The number of hydrogen-bond acceptors (Lipinski definition) is 3. The minimum Gasteiger partial charge on any atom is -0.478 e. The van der Waals surface area contributed by atoms with Gasteiger partial charge in [0.05, 0.1) is 5.56 Å². The molecule has 164 valence electrons. The molecule has 2 atom stereocenters. The van der Waals surface area contributed by atoms with Crippen LogP contribution in [0, 0.1) is 11.3 Å². The van der Waals surface area contributed by atoms with Crippen LogP contribution in [0.2, 0.25) is 0 Å². The molecule has 3 aliphatic rings. The van der Waals surface area contributed by atoms with Gasteiger partial charge in [0.1, 0.15) is 0 Å². The number of rotatable bonds is 9. The van der Waals surface area contributed by atoms with E-state index in [1.807, 2.05) is 12.1 Å². The van der Waals surface area contributed by atoms with Crippen molar-refractivity contribution in [3.63, 3.8) is 0 Å². The highest BCUT2D eigenvalue weighted by Crippen LogP contribution is 2.43. The van der Waals surface area contributed by atoms with Crippen LogP contribution in [-0.4, -0.2) is 48.2 Å². The molecule has 1 heterocycles. The topological polar surface area (TPSA) is 52.6 Å². The summed E-state index contributed by atoms with van der Waals surface area (Å²) in [5.41, 5.74) is 3.22. The molecule has 0 amide bonds. The van der Waals surface area contributed by atoms with Crippen LogP contribution in [-0.2, 0) is 6.42 Å². The van der Waals surface area contributed by atoms with Gasteiger partial charge in [-0.3, -0.25) is 0 Å². The Labute approximate surface area is 185 Å². The minimum absolute atomic E-state index is 0.209. The van der Waals surface area contributed by atoms with Crippen LogP contribution in [0.3, 0.4) is 0 Å². The van der Waals surface area contributed by atoms with E-state index < -0.39 is 5.97 Å². The molecule has 1 aliphatic heterocycles. The van der Waals surface area contributed by atoms with Gasteiger partial charge in [-0.25, -0.2) is 4.79 Å². The third-order valence-electron chi connectivity index (χ3n) is 7.64. The van der Waals surface area contributed by atoms with E-state index in [1.54, 1.807) is 6.07 Å². The number of carboxylic acid groups (broad SMARTS) is 1. The molecule has 0 radical (unpaired) electrons. The Balaban J connectivity index is 1.25. The monoisotopic (exact) mass is 418 g/mol. The number of aromatic carboxylic acids is 1. The summed E-state index contributed by atoms with van der Waals surface area (Å²) in [6, 6.07) is 19.0. The number of nitrogens with zero attached hydrogens (tertiary/aromatic N) is 1. The second kappa shape index (κ2) is 8.76. The Hall–Kier alpha value is -2.17. The van der Waals surface area contributed by atoms with Crippen molar-refractivity contribution in [3.8, 4) is 0 Å². The summed E-state index contributed by atoms with van der Waals surface area (Å²) < 4.78 is 0. The van der Waals surface area contributed by atoms with Crippen molar-refractivity contribution in [2.45, 2.75) is 50.5 Å². The highest BCUT2D eigenvalue weighted by atomic mass is 16.4. The first kappa shape index (κ1) is 20.7. The molecule has 2 saturated carbocycles. The van der Waals surface area contributed by atoms with Gasteiger partial charge in [-0.1, -0.05) is 42.5 Å². The Morgan fingerprint density at radius 1 is 1.06 bits per heavy atom. The lowest BCUT2D eigenvalue weighted by molar-refractivity contribution is 0.0696. The number of carboxylic acids is 1. The zero-order valence-electron chi connectivity index (χ0n) is 18.3. The molecule has 0 spiro atoms. The minimum atomic E-state index is -0.836. The van der Waals surface area contributed by atoms with Gasteiger partial charge in [0.25, 0.3) is 0 Å². The number of piperidine rings is 1. The third-order valence-corrected chi connectivity index (χ3v) is 7.64. The van der Waals surface area contributed by atoms with Gasteiger partial charge in [0.2, 0.25) is 0 Å². The predicted molar refractivity (Wildman–Crippen MR) is 124 cm³/mol. The van der Waals surface area contributed by atoms with Crippen molar-refractivity contribution in [1.82, 2.24) is 10.2 Å². The average Bonchev–Trinajstić information content (AvgIpc) is 3.71. The molecule has 2 aromatic rings. The van der Waals surface area contributed by atoms with Gasteiger partial charge >= 0.3 is 5.97 Å². The smallest absolute Gasteiger partial charge is 0.335 e. The second-order valence-electron chi connectivity index (χ2n) is 10.2. The number of likely N-dealkylation sites (tertiary alicyclic amines) is 1. The molecule has 4 nitrogen and oxygen atoms in total. The Morgan fingerprint density at radius 2 is 1.84 bits per heavy atom. The zero-order valence-corrected chi connectivity index (χ0v) is 18.3. The highest BCUT2D eigenvalue weighted by molar-refractivity contribution is 5.87. The summed E-state index contributed by atoms with van der Waals surface area (Å²) in [6.45, 7) is 4.64. The van der Waals surface area contributed by atoms with Crippen molar-refractivity contribution >= 4 is 5.97 Å². The van der Waals surface area contributed by atoms with Crippen LogP contribution >= 0.6 is 0 Å². The molecule has 1 saturated heterocycles. The Morgan fingerprint density at radius 3 is 2.55 bits per heavy atom. The van der Waals surface area contributed by atoms with E-state index in [0.29, 0.717) is 17.5 Å². The van der Waals surface area contributed by atoms with E-state index in [0.717, 1.165) is 24.4 Å². The van der Waals surface area contributed by atoms with Crippen molar-refractivity contribution < 1.29 is 9.90 Å². The molecular formula is C27H34N2O2. The molecule has 3 fully saturated rings. The Kier molecular flexibility index (Phi) is 5.85. The first-order valence-corrected chi connectivity index (χ1v) is 11.9. The van der Waals surface area contributed by atoms with Crippen molar-refractivity contribution in [2.75, 3.05) is 26.2 Å². The van der Waals surface area contributed by atoms with E-state index in [4.69, 9.17) is 0 Å². The van der Waals surface area contributed by atoms with Gasteiger partial charge < -0.3 is 15.3 Å². The highest BCUT2D eigenvalue weighted by Gasteiger charge is 2.41. The van der Waals surface area contributed by atoms with E-state index in [1.165, 1.54) is 57.3 Å². The number of carbonyl (C=O) groups is 1. The molecule has 5 rings (SSSR count). The lowest BCUT2D eigenvalue weighted by atomic mass is 9.73. The van der Waals surface area contributed by atoms with Crippen LogP contribution in [0.1, 0.15) is 59.5 Å². The molecule has 31 heavy (non-hydrogen) atoms. The van der Waals surface area contributed by atoms with Crippen molar-refractivity contribution in [1.29, 1.82) is 0 Å². The molecule has 2 aromatic carbocycles. The largest absolute Gasteiger partial charge is 0.478 e. The van der Waals surface area contributed by atoms with Crippen LogP contribution in [0.25, 0.3) is 0 Å². The third kappa shape index (κ3) is 5.19. The van der Waals surface area contributed by atoms with Gasteiger partial charge in [-0.05, 0) is 86.2 Å². The average molecular weight is 419 g/mol. The van der Waals surface area contributed by atoms with Crippen molar-refractivity contribution in [2.24, 2.45) is 11.3 Å². The van der Waals surface area contributed by atoms with Crippen LogP contribution in [0.15, 0.2) is 54.6 Å². The van der Waals surface area contributed by atoms with Gasteiger partial charge in [0.15, 0.2) is 0 Å². The van der Waals surface area contributed by atoms with Crippen molar-refractivity contribution in [3.05, 3.63) is 71.3 Å². The maximum atomic E-state index is 11.5. The lowest BCUT2D eigenvalue weighted by Crippen LogP contribution is -2.47. The maximum absolute atomic E-state index is 11.5. The van der Waals surface area contributed by atoms with E-state index in [9.17, 15) is 9.90 Å². The standard InChI is InChI=1S/C27H34N2O2/c30-26(31)23-8-4-5-21(15-23)17-27(11-13-29(14-12-27)18-20-9-10-20)19-28-25-16-24(25)22-6-2-1-3-7-22/h1-8,15,20,24-25,28H,9-14,16-19H2,(H,30,31). The lowest BCUT2D eigenvalue weighted by Gasteiger charge is -2.42. The van der Waals surface area contributed by atoms with Crippen LogP contribution in [0.5, 0.6) is 0 Å². The predicted octanol–water partition coefficient (Wildman–Crippen LogP) is 4.57. The summed E-state index contributed by atoms with van der Waals surface area (Å²) in [4.78, 5) is 14.1. The molecule has 2 unspecified atom stereocenters. The molecular weight excluding hydrogens is 384 g/mol. The molecule has 0 bridgehead atoms. The number of hydrogen-bond donors (Lipinski definition) is 2. The molecule has 2 N–H and O–H groups in total. The van der Waals surface area contributed by atoms with Gasteiger partial charge in [-0.2, -0.15) is 0 Å². The van der Waals surface area contributed by atoms with Gasteiger partial charge in [-0.15, -0.1) is 0 Å². The van der Waals surface area contributed by atoms with E-state index in [2.05, 4.69) is 46.6 Å². The summed E-state index contributed by atoms with van der Waals surface area (Å²) in [5, 5.41) is 13.3. The second-order valence-corrected chi connectivity index (χ2v) is 10.2. The van der Waals surface area contributed by atoms with Crippen LogP contribution < -0.4 is 5.32 Å². The zero-order chi connectivity index (χ0) is 21.3. The van der Waals surface area contributed by atoms with E-state index in [-0.39, 0.29) is 5.41 Å². The first-order valence-electron chi connectivity index (χ1n) is 11.9. The van der Waals surface area contributed by atoms with Crippen LogP contribution in [0.4, 0.5) is 0 Å². The molecule has 4 heteroatoms. The summed E-state index contributed by atoms with van der Waals surface area (Å²) in [7, 11) is 0. The summed E-state index contributed by atoms with van der Waals surface area (Å²) in [5.74, 6) is 0.747. The normalized spacial score (nSPS) is 25.3. The maximum Gasteiger partial charge on any atom is 0.335 e. The fourth-order valence-corrected chi connectivity index (χ4v) is 5.38. The SMILES string of the molecule is O=C(O)c1cccc(CC2(CNC3CC3c3ccccc3)CCN(CC3CC3)CC2)c1. The summed E-state index contributed by atoms with van der Waals surface area (Å²) in [6.07, 6.45) is 7.38. The molecule has 0 aromatic heterocycles. The molecule has 2 aliphatic carbocycles. The van der Waals surface area contributed by atoms with E-state index >= 15 is 0 Å². The number of nitrogens with one attached hydrogen (secondary N) is 1. The fourth-order valence-electron chi connectivity index (χ4n) is 5.38. The quantitative estimate of drug-likeness (QED) is 0.627. The summed E-state index contributed by atoms with van der Waals surface area (Å²) >= 11 is 0. The number of benzene rings is 2. The Bertz CT molecular complexity index is 900. The fraction of sp³-hybridized carbons (Fsp3) is 0.519. The van der Waals surface area contributed by atoms with Gasteiger partial charge in [0, 0.05) is 25.0 Å².